The van der Waals surface area contributed by atoms with Gasteiger partial charge in [-0.1, -0.05) is 0 Å². The van der Waals surface area contributed by atoms with Crippen LogP contribution in [0.5, 0.6) is 0 Å². The first kappa shape index (κ1) is 11.5. The second-order valence-electron chi connectivity index (χ2n) is 3.49. The molecule has 0 saturated heterocycles. The predicted octanol–water partition coefficient (Wildman–Crippen LogP) is -0.0211. The number of carbonyl (C=O) groups is 2. The summed E-state index contributed by atoms with van der Waals surface area (Å²) in [6.07, 6.45) is 3.00. The van der Waals surface area contributed by atoms with Crippen LogP contribution in [0, 0.1) is 0 Å². The molecule has 2 atom stereocenters. The lowest BCUT2D eigenvalue weighted by molar-refractivity contribution is -0.154. The van der Waals surface area contributed by atoms with E-state index in [9.17, 15) is 9.59 Å². The maximum atomic E-state index is 10.9. The molecule has 6 nitrogen and oxygen atoms in total. The highest BCUT2D eigenvalue weighted by atomic mass is 16.4. The summed E-state index contributed by atoms with van der Waals surface area (Å²) >= 11 is 0. The van der Waals surface area contributed by atoms with Crippen molar-refractivity contribution in [1.29, 1.82) is 0 Å². The van der Waals surface area contributed by atoms with Crippen LogP contribution in [0.2, 0.25) is 0 Å². The molecule has 0 spiro atoms. The number of rotatable bonds is 4. The first-order valence-corrected chi connectivity index (χ1v) is 4.57. The standard InChI is InChI=1S/C9H14N2O4/c1-6-3-4-11(10(6)2)7(9(14)15)5-8(12)13/h3-4,6-7H,5H2,1-2H3,(H,12,13)(H,14,15). The summed E-state index contributed by atoms with van der Waals surface area (Å²) < 4.78 is 0. The van der Waals surface area contributed by atoms with Gasteiger partial charge in [-0.15, -0.1) is 0 Å². The average molecular weight is 214 g/mol. The number of nitrogens with zero attached hydrogens (tertiary/aromatic N) is 2. The zero-order valence-electron chi connectivity index (χ0n) is 8.62. The monoisotopic (exact) mass is 214 g/mol. The van der Waals surface area contributed by atoms with E-state index in [1.54, 1.807) is 18.3 Å². The van der Waals surface area contributed by atoms with Crippen molar-refractivity contribution >= 4 is 11.9 Å². The predicted molar refractivity (Wildman–Crippen MR) is 51.9 cm³/mol. The minimum atomic E-state index is -1.14. The zero-order valence-corrected chi connectivity index (χ0v) is 8.62. The van der Waals surface area contributed by atoms with Gasteiger partial charge in [0.1, 0.15) is 0 Å². The number of carboxylic acids is 2. The number of likely N-dealkylation sites (N-methyl/N-ethyl adjacent to an activating group) is 1. The van der Waals surface area contributed by atoms with Crippen LogP contribution in [-0.4, -0.2) is 51.3 Å². The van der Waals surface area contributed by atoms with E-state index < -0.39 is 24.4 Å². The Hall–Kier alpha value is -1.56. The molecule has 2 N–H and O–H groups in total. The van der Waals surface area contributed by atoms with Gasteiger partial charge < -0.3 is 10.2 Å². The largest absolute Gasteiger partial charge is 0.481 e. The van der Waals surface area contributed by atoms with Crippen molar-refractivity contribution in [3.63, 3.8) is 0 Å². The Morgan fingerprint density at radius 2 is 2.07 bits per heavy atom. The quantitative estimate of drug-likeness (QED) is 0.684. The van der Waals surface area contributed by atoms with Gasteiger partial charge in [-0.3, -0.25) is 9.80 Å². The van der Waals surface area contributed by atoms with Gasteiger partial charge >= 0.3 is 11.9 Å². The van der Waals surface area contributed by atoms with Crippen molar-refractivity contribution in [2.24, 2.45) is 0 Å². The number of carboxylic acid groups (broad SMARTS) is 2. The molecule has 0 fully saturated rings. The maximum absolute atomic E-state index is 10.9. The molecule has 0 aliphatic carbocycles. The van der Waals surface area contributed by atoms with Crippen LogP contribution in [0.1, 0.15) is 13.3 Å². The molecule has 6 heteroatoms. The minimum absolute atomic E-state index is 0.0839. The van der Waals surface area contributed by atoms with Crippen LogP contribution in [0.25, 0.3) is 0 Å². The molecule has 1 rings (SSSR count). The molecule has 0 radical (unpaired) electrons. The number of hydrogen-bond donors (Lipinski definition) is 2. The Kier molecular flexibility index (Phi) is 3.31. The van der Waals surface area contributed by atoms with Gasteiger partial charge in [0.05, 0.1) is 6.42 Å². The molecular weight excluding hydrogens is 200 g/mol. The average Bonchev–Trinajstić information content (AvgIpc) is 2.44. The van der Waals surface area contributed by atoms with Gasteiger partial charge in [-0.25, -0.2) is 9.80 Å². The van der Waals surface area contributed by atoms with E-state index in [0.717, 1.165) is 0 Å². The Bertz CT molecular complexity index is 302. The number of hydrazine groups is 1. The van der Waals surface area contributed by atoms with Gasteiger partial charge in [-0.05, 0) is 13.0 Å². The molecule has 0 aromatic rings. The van der Waals surface area contributed by atoms with Crippen LogP contribution in [0.4, 0.5) is 0 Å². The Morgan fingerprint density at radius 3 is 2.40 bits per heavy atom. The van der Waals surface area contributed by atoms with E-state index in [0.29, 0.717) is 0 Å². The Labute approximate surface area is 87.4 Å². The molecule has 0 bridgehead atoms. The van der Waals surface area contributed by atoms with Crippen molar-refractivity contribution in [3.05, 3.63) is 12.3 Å². The topological polar surface area (TPSA) is 81.1 Å². The number of aliphatic carboxylic acids is 2. The highest BCUT2D eigenvalue weighted by molar-refractivity contribution is 5.80. The highest BCUT2D eigenvalue weighted by Gasteiger charge is 2.32. The molecule has 2 unspecified atom stereocenters. The highest BCUT2D eigenvalue weighted by Crippen LogP contribution is 2.18. The van der Waals surface area contributed by atoms with E-state index in [1.165, 1.54) is 5.01 Å². The van der Waals surface area contributed by atoms with Gasteiger partial charge in [0.15, 0.2) is 6.04 Å². The van der Waals surface area contributed by atoms with E-state index in [1.807, 2.05) is 13.0 Å². The zero-order chi connectivity index (χ0) is 11.6. The molecule has 84 valence electrons. The second-order valence-corrected chi connectivity index (χ2v) is 3.49. The first-order valence-electron chi connectivity index (χ1n) is 4.57. The van der Waals surface area contributed by atoms with Crippen molar-refractivity contribution in [2.45, 2.75) is 25.4 Å². The fraction of sp³-hybridized carbons (Fsp3) is 0.556. The minimum Gasteiger partial charge on any atom is -0.481 e. The molecule has 1 aliphatic heterocycles. The van der Waals surface area contributed by atoms with Gasteiger partial charge in [0, 0.05) is 19.3 Å². The normalized spacial score (nSPS) is 23.1. The molecule has 15 heavy (non-hydrogen) atoms. The summed E-state index contributed by atoms with van der Waals surface area (Å²) in [6.45, 7) is 1.90. The Balaban J connectivity index is 2.77. The maximum Gasteiger partial charge on any atom is 0.328 e. The summed E-state index contributed by atoms with van der Waals surface area (Å²) in [5.74, 6) is -2.26. The molecule has 0 amide bonds. The summed E-state index contributed by atoms with van der Waals surface area (Å²) in [5, 5.41) is 20.7. The van der Waals surface area contributed by atoms with Crippen molar-refractivity contribution in [1.82, 2.24) is 10.0 Å². The van der Waals surface area contributed by atoms with E-state index in [2.05, 4.69) is 0 Å². The Morgan fingerprint density at radius 1 is 1.47 bits per heavy atom. The lowest BCUT2D eigenvalue weighted by atomic mass is 10.2. The van der Waals surface area contributed by atoms with E-state index >= 15 is 0 Å². The summed E-state index contributed by atoms with van der Waals surface area (Å²) in [4.78, 5) is 21.4. The van der Waals surface area contributed by atoms with Crippen LogP contribution in [0.15, 0.2) is 12.3 Å². The smallest absolute Gasteiger partial charge is 0.328 e. The summed E-state index contributed by atoms with van der Waals surface area (Å²) in [5.41, 5.74) is 0. The number of hydrogen-bond acceptors (Lipinski definition) is 4. The molecule has 0 aromatic carbocycles. The lowest BCUT2D eigenvalue weighted by Crippen LogP contribution is -2.47. The van der Waals surface area contributed by atoms with E-state index in [-0.39, 0.29) is 6.04 Å². The first-order chi connectivity index (χ1) is 6.93. The molecule has 0 saturated carbocycles. The fourth-order valence-corrected chi connectivity index (χ4v) is 1.44. The van der Waals surface area contributed by atoms with E-state index in [4.69, 9.17) is 10.2 Å². The summed E-state index contributed by atoms with van der Waals surface area (Å²) in [7, 11) is 1.72. The molecule has 1 aliphatic rings. The molecular formula is C9H14N2O4. The van der Waals surface area contributed by atoms with Gasteiger partial charge in [0.25, 0.3) is 0 Å². The van der Waals surface area contributed by atoms with Crippen LogP contribution >= 0.6 is 0 Å². The second kappa shape index (κ2) is 4.31. The lowest BCUT2D eigenvalue weighted by Gasteiger charge is -2.32. The van der Waals surface area contributed by atoms with Crippen molar-refractivity contribution in [3.8, 4) is 0 Å². The van der Waals surface area contributed by atoms with Crippen LogP contribution in [0.3, 0.4) is 0 Å². The third-order valence-corrected chi connectivity index (χ3v) is 2.44. The van der Waals surface area contributed by atoms with Crippen LogP contribution < -0.4 is 0 Å². The third-order valence-electron chi connectivity index (χ3n) is 2.44. The summed E-state index contributed by atoms with van der Waals surface area (Å²) in [6, 6.07) is -0.964. The van der Waals surface area contributed by atoms with Crippen molar-refractivity contribution < 1.29 is 19.8 Å². The third kappa shape index (κ3) is 2.47. The van der Waals surface area contributed by atoms with Crippen molar-refractivity contribution in [2.75, 3.05) is 7.05 Å². The molecule has 0 aromatic heterocycles. The molecule has 1 heterocycles. The van der Waals surface area contributed by atoms with Gasteiger partial charge in [-0.2, -0.15) is 0 Å². The fourth-order valence-electron chi connectivity index (χ4n) is 1.44. The van der Waals surface area contributed by atoms with Gasteiger partial charge in [0.2, 0.25) is 0 Å². The van der Waals surface area contributed by atoms with Crippen LogP contribution in [-0.2, 0) is 9.59 Å². The SMILES string of the molecule is CC1C=CN(C(CC(=O)O)C(=O)O)N1C.